The zero-order chi connectivity index (χ0) is 13.9. The van der Waals surface area contributed by atoms with Crippen LogP contribution in [0.1, 0.15) is 40.5 Å². The lowest BCUT2D eigenvalue weighted by atomic mass is 9.94. The highest BCUT2D eigenvalue weighted by molar-refractivity contribution is 14.1. The number of benzene rings is 1. The predicted molar refractivity (Wildman–Crippen MR) is 95.6 cm³/mol. The Bertz CT molecular complexity index is 590. The lowest BCUT2D eigenvalue weighted by Gasteiger charge is -2.24. The Labute approximate surface area is 138 Å². The molecule has 1 heterocycles. The average molecular weight is 397 g/mol. The molecule has 0 aliphatic heterocycles. The van der Waals surface area contributed by atoms with Crippen LogP contribution >= 0.6 is 33.9 Å². The van der Waals surface area contributed by atoms with Gasteiger partial charge in [0, 0.05) is 10.9 Å². The van der Waals surface area contributed by atoms with E-state index in [1.165, 1.54) is 33.3 Å². The molecule has 1 N–H and O–H groups in total. The maximum absolute atomic E-state index is 3.77. The van der Waals surface area contributed by atoms with Crippen LogP contribution in [0, 0.1) is 9.81 Å². The van der Waals surface area contributed by atoms with E-state index in [0.29, 0.717) is 6.04 Å². The highest BCUT2D eigenvalue weighted by atomic mass is 127. The number of nitrogens with one attached hydrogen (secondary N) is 1. The quantitative estimate of drug-likeness (QED) is 0.726. The van der Waals surface area contributed by atoms with Crippen molar-refractivity contribution in [2.45, 2.75) is 38.6 Å². The van der Waals surface area contributed by atoms with Crippen molar-refractivity contribution in [1.82, 2.24) is 5.32 Å². The summed E-state index contributed by atoms with van der Waals surface area (Å²) in [6, 6.07) is 11.7. The molecular weight excluding hydrogens is 377 g/mol. The van der Waals surface area contributed by atoms with Gasteiger partial charge in [0.15, 0.2) is 0 Å². The van der Waals surface area contributed by atoms with E-state index in [1.54, 1.807) is 10.4 Å². The van der Waals surface area contributed by atoms with E-state index in [1.807, 2.05) is 11.3 Å². The first kappa shape index (κ1) is 14.5. The average Bonchev–Trinajstić information content (AvgIpc) is 2.82. The summed E-state index contributed by atoms with van der Waals surface area (Å²) < 4.78 is 1.43. The van der Waals surface area contributed by atoms with Crippen LogP contribution in [-0.2, 0) is 12.8 Å². The molecule has 20 heavy (non-hydrogen) atoms. The number of aryl methyl sites for hydroxylation is 2. The topological polar surface area (TPSA) is 12.0 Å². The van der Waals surface area contributed by atoms with Crippen LogP contribution in [0.2, 0.25) is 0 Å². The SMILES string of the molecule is Cc1ccccc1CCNC1CCCc2sc(I)cc21. The normalized spacial score (nSPS) is 18.0. The number of thiophene rings is 1. The second kappa shape index (κ2) is 6.58. The summed E-state index contributed by atoms with van der Waals surface area (Å²) in [5.74, 6) is 0. The third-order valence-corrected chi connectivity index (χ3v) is 6.10. The molecular formula is C17H20INS. The maximum Gasteiger partial charge on any atom is 0.0659 e. The Morgan fingerprint density at radius 3 is 3.05 bits per heavy atom. The van der Waals surface area contributed by atoms with E-state index in [-0.39, 0.29) is 0 Å². The van der Waals surface area contributed by atoms with Gasteiger partial charge in [0.2, 0.25) is 0 Å². The molecule has 0 amide bonds. The smallest absolute Gasteiger partial charge is 0.0659 e. The van der Waals surface area contributed by atoms with Gasteiger partial charge in [-0.1, -0.05) is 24.3 Å². The fourth-order valence-electron chi connectivity index (χ4n) is 3.01. The van der Waals surface area contributed by atoms with Crippen LogP contribution in [0.4, 0.5) is 0 Å². The van der Waals surface area contributed by atoms with Gasteiger partial charge in [0.05, 0.1) is 2.88 Å². The maximum atomic E-state index is 3.77. The molecule has 0 saturated heterocycles. The summed E-state index contributed by atoms with van der Waals surface area (Å²) >= 11 is 4.43. The lowest BCUT2D eigenvalue weighted by molar-refractivity contribution is 0.467. The largest absolute Gasteiger partial charge is 0.310 e. The number of rotatable bonds is 4. The first-order valence-electron chi connectivity index (χ1n) is 7.30. The fraction of sp³-hybridized carbons (Fsp3) is 0.412. The molecule has 1 unspecified atom stereocenters. The Morgan fingerprint density at radius 2 is 2.20 bits per heavy atom. The van der Waals surface area contributed by atoms with Gasteiger partial charge in [-0.3, -0.25) is 0 Å². The number of halogens is 1. The van der Waals surface area contributed by atoms with Gasteiger partial charge in [-0.15, -0.1) is 11.3 Å². The Balaban J connectivity index is 1.61. The van der Waals surface area contributed by atoms with Crippen molar-refractivity contribution >= 4 is 33.9 Å². The van der Waals surface area contributed by atoms with Crippen LogP contribution in [-0.4, -0.2) is 6.54 Å². The summed E-state index contributed by atoms with van der Waals surface area (Å²) in [5.41, 5.74) is 4.44. The molecule has 1 aromatic heterocycles. The molecule has 0 bridgehead atoms. The molecule has 1 aliphatic rings. The summed E-state index contributed by atoms with van der Waals surface area (Å²) in [6.45, 7) is 3.27. The molecule has 1 aliphatic carbocycles. The number of hydrogen-bond donors (Lipinski definition) is 1. The van der Waals surface area contributed by atoms with Crippen LogP contribution in [0.15, 0.2) is 30.3 Å². The van der Waals surface area contributed by atoms with Crippen molar-refractivity contribution in [2.75, 3.05) is 6.54 Å². The first-order chi connectivity index (χ1) is 9.74. The van der Waals surface area contributed by atoms with Crippen molar-refractivity contribution < 1.29 is 0 Å². The van der Waals surface area contributed by atoms with E-state index in [9.17, 15) is 0 Å². The third-order valence-electron chi connectivity index (χ3n) is 4.13. The van der Waals surface area contributed by atoms with Crippen LogP contribution in [0.5, 0.6) is 0 Å². The minimum Gasteiger partial charge on any atom is -0.310 e. The summed E-state index contributed by atoms with van der Waals surface area (Å²) in [7, 11) is 0. The molecule has 106 valence electrons. The van der Waals surface area contributed by atoms with Gasteiger partial charge in [-0.25, -0.2) is 0 Å². The van der Waals surface area contributed by atoms with Gasteiger partial charge >= 0.3 is 0 Å². The molecule has 0 fully saturated rings. The number of hydrogen-bond acceptors (Lipinski definition) is 2. The van der Waals surface area contributed by atoms with Gasteiger partial charge in [0.25, 0.3) is 0 Å². The monoisotopic (exact) mass is 397 g/mol. The van der Waals surface area contributed by atoms with Crippen LogP contribution in [0.25, 0.3) is 0 Å². The van der Waals surface area contributed by atoms with Gasteiger partial charge < -0.3 is 5.32 Å². The predicted octanol–water partition coefficient (Wildman–Crippen LogP) is 4.87. The van der Waals surface area contributed by atoms with Crippen LogP contribution < -0.4 is 5.32 Å². The Morgan fingerprint density at radius 1 is 1.35 bits per heavy atom. The van der Waals surface area contributed by atoms with E-state index in [2.05, 4.69) is 65.2 Å². The molecule has 3 heteroatoms. The molecule has 1 nitrogen and oxygen atoms in total. The van der Waals surface area contributed by atoms with E-state index >= 15 is 0 Å². The van der Waals surface area contributed by atoms with Gasteiger partial charge in [-0.05, 0) is 84.5 Å². The fourth-order valence-corrected chi connectivity index (χ4v) is 5.12. The molecule has 0 saturated carbocycles. The van der Waals surface area contributed by atoms with Crippen molar-refractivity contribution in [3.05, 3.63) is 54.8 Å². The molecule has 3 rings (SSSR count). The zero-order valence-electron chi connectivity index (χ0n) is 11.8. The van der Waals surface area contributed by atoms with Crippen molar-refractivity contribution in [3.63, 3.8) is 0 Å². The summed E-state index contributed by atoms with van der Waals surface area (Å²) in [4.78, 5) is 1.61. The summed E-state index contributed by atoms with van der Waals surface area (Å²) in [6.07, 6.45) is 5.01. The molecule has 1 atom stereocenters. The van der Waals surface area contributed by atoms with Crippen molar-refractivity contribution in [1.29, 1.82) is 0 Å². The number of fused-ring (bicyclic) bond motifs is 1. The van der Waals surface area contributed by atoms with Gasteiger partial charge in [-0.2, -0.15) is 0 Å². The van der Waals surface area contributed by atoms with E-state index < -0.39 is 0 Å². The standard InChI is InChI=1S/C17H20INS/c1-12-5-2-3-6-13(12)9-10-19-15-7-4-8-16-14(15)11-17(18)20-16/h2-3,5-6,11,15,19H,4,7-10H2,1H3. The minimum absolute atomic E-state index is 0.572. The van der Waals surface area contributed by atoms with Crippen molar-refractivity contribution in [3.8, 4) is 0 Å². The van der Waals surface area contributed by atoms with E-state index in [0.717, 1.165) is 13.0 Å². The molecule has 2 aromatic rings. The Kier molecular flexibility index (Phi) is 4.79. The highest BCUT2D eigenvalue weighted by Crippen LogP contribution is 2.36. The van der Waals surface area contributed by atoms with Gasteiger partial charge in [0.1, 0.15) is 0 Å². The summed E-state index contributed by atoms with van der Waals surface area (Å²) in [5, 5.41) is 3.77. The molecule has 0 radical (unpaired) electrons. The Hall–Kier alpha value is -0.390. The zero-order valence-corrected chi connectivity index (χ0v) is 14.8. The highest BCUT2D eigenvalue weighted by Gasteiger charge is 2.21. The minimum atomic E-state index is 0.572. The first-order valence-corrected chi connectivity index (χ1v) is 9.19. The van der Waals surface area contributed by atoms with Crippen molar-refractivity contribution in [2.24, 2.45) is 0 Å². The second-order valence-electron chi connectivity index (χ2n) is 5.50. The van der Waals surface area contributed by atoms with E-state index in [4.69, 9.17) is 0 Å². The second-order valence-corrected chi connectivity index (χ2v) is 8.54. The molecule has 1 aromatic carbocycles. The lowest BCUT2D eigenvalue weighted by Crippen LogP contribution is -2.26. The third kappa shape index (κ3) is 3.26. The van der Waals surface area contributed by atoms with Crippen LogP contribution in [0.3, 0.4) is 0 Å². The molecule has 0 spiro atoms.